The number of amides is 1. The first kappa shape index (κ1) is 16.3. The summed E-state index contributed by atoms with van der Waals surface area (Å²) in [6.45, 7) is 3.52. The lowest BCUT2D eigenvalue weighted by molar-refractivity contribution is -0.134. The van der Waals surface area contributed by atoms with Gasteiger partial charge in [0.1, 0.15) is 12.4 Å². The third kappa shape index (κ3) is 3.86. The summed E-state index contributed by atoms with van der Waals surface area (Å²) in [6.07, 6.45) is 4.43. The van der Waals surface area contributed by atoms with Crippen molar-refractivity contribution in [2.24, 2.45) is 0 Å². The second-order valence-electron chi connectivity index (χ2n) is 5.91. The van der Waals surface area contributed by atoms with Crippen LogP contribution in [0.4, 0.5) is 11.8 Å². The van der Waals surface area contributed by atoms with Gasteiger partial charge >= 0.3 is 0 Å². The molecule has 3 heterocycles. The Morgan fingerprint density at radius 3 is 3.00 bits per heavy atom. The molecule has 0 spiro atoms. The monoisotopic (exact) mass is 327 g/mol. The molecular weight excluding hydrogens is 306 g/mol. The van der Waals surface area contributed by atoms with Crippen molar-refractivity contribution in [1.82, 2.24) is 19.9 Å². The summed E-state index contributed by atoms with van der Waals surface area (Å²) in [7, 11) is 1.53. The van der Waals surface area contributed by atoms with Crippen LogP contribution in [-0.4, -0.2) is 52.6 Å². The third-order valence-electron chi connectivity index (χ3n) is 4.06. The van der Waals surface area contributed by atoms with Crippen LogP contribution in [0.2, 0.25) is 0 Å². The third-order valence-corrected chi connectivity index (χ3v) is 4.06. The zero-order valence-corrected chi connectivity index (χ0v) is 13.9. The number of pyridine rings is 1. The number of carbonyl (C=O) groups is 1. The zero-order valence-electron chi connectivity index (χ0n) is 13.9. The predicted molar refractivity (Wildman–Crippen MR) is 90.1 cm³/mol. The molecule has 3 rings (SSSR count). The van der Waals surface area contributed by atoms with Crippen LogP contribution in [0.5, 0.6) is 0 Å². The van der Waals surface area contributed by atoms with Gasteiger partial charge in [0.25, 0.3) is 0 Å². The molecule has 0 aliphatic carbocycles. The highest BCUT2D eigenvalue weighted by Crippen LogP contribution is 2.26. The summed E-state index contributed by atoms with van der Waals surface area (Å²) < 4.78 is 4.92. The molecule has 24 heavy (non-hydrogen) atoms. The number of aryl methyl sites for hydroxylation is 1. The molecule has 0 unspecified atom stereocenters. The smallest absolute Gasteiger partial charge is 0.248 e. The first-order chi connectivity index (χ1) is 11.7. The Hall–Kier alpha value is -2.54. The summed E-state index contributed by atoms with van der Waals surface area (Å²) in [5.74, 6) is 1.48. The van der Waals surface area contributed by atoms with Gasteiger partial charge in [0.15, 0.2) is 0 Å². The minimum atomic E-state index is 0.0243. The van der Waals surface area contributed by atoms with Gasteiger partial charge in [0.05, 0.1) is 5.69 Å². The summed E-state index contributed by atoms with van der Waals surface area (Å²) in [5, 5.41) is 3.12. The van der Waals surface area contributed by atoms with Gasteiger partial charge in [0, 0.05) is 38.5 Å². The van der Waals surface area contributed by atoms with E-state index in [1.54, 1.807) is 12.4 Å². The molecule has 1 aliphatic rings. The normalized spacial score (nSPS) is 17.1. The molecule has 1 fully saturated rings. The fourth-order valence-electron chi connectivity index (χ4n) is 2.76. The van der Waals surface area contributed by atoms with E-state index < -0.39 is 0 Å². The maximum Gasteiger partial charge on any atom is 0.248 e. The van der Waals surface area contributed by atoms with Crippen molar-refractivity contribution >= 4 is 17.7 Å². The van der Waals surface area contributed by atoms with Gasteiger partial charge in [-0.25, -0.2) is 15.0 Å². The highest BCUT2D eigenvalue weighted by molar-refractivity contribution is 5.77. The van der Waals surface area contributed by atoms with Crippen LogP contribution in [0.1, 0.15) is 23.6 Å². The van der Waals surface area contributed by atoms with Crippen molar-refractivity contribution in [1.29, 1.82) is 0 Å². The molecule has 0 radical (unpaired) electrons. The lowest BCUT2D eigenvalue weighted by Crippen LogP contribution is -2.31. The number of methoxy groups -OCH3 is 1. The largest absolute Gasteiger partial charge is 0.375 e. The number of aromatic nitrogens is 3. The molecular formula is C17H21N5O2. The highest BCUT2D eigenvalue weighted by atomic mass is 16.5. The highest BCUT2D eigenvalue weighted by Gasteiger charge is 2.28. The molecule has 0 saturated carbocycles. The fraction of sp³-hybridized carbons (Fsp3) is 0.412. The van der Waals surface area contributed by atoms with Crippen molar-refractivity contribution in [2.45, 2.75) is 19.3 Å². The Labute approximate surface area is 141 Å². The minimum absolute atomic E-state index is 0.0243. The van der Waals surface area contributed by atoms with E-state index in [0.29, 0.717) is 18.3 Å². The zero-order chi connectivity index (χ0) is 16.9. The van der Waals surface area contributed by atoms with Gasteiger partial charge in [-0.3, -0.25) is 4.79 Å². The maximum atomic E-state index is 11.9. The van der Waals surface area contributed by atoms with Crippen LogP contribution in [0.25, 0.3) is 0 Å². The molecule has 1 atom stereocenters. The second-order valence-corrected chi connectivity index (χ2v) is 5.91. The van der Waals surface area contributed by atoms with Gasteiger partial charge in [0.2, 0.25) is 11.9 Å². The van der Waals surface area contributed by atoms with Crippen molar-refractivity contribution in [3.63, 3.8) is 0 Å². The lowest BCUT2D eigenvalue weighted by atomic mass is 10.1. The van der Waals surface area contributed by atoms with E-state index in [1.807, 2.05) is 30.0 Å². The van der Waals surface area contributed by atoms with Crippen LogP contribution < -0.4 is 5.32 Å². The van der Waals surface area contributed by atoms with Crippen molar-refractivity contribution < 1.29 is 9.53 Å². The number of ether oxygens (including phenoxy) is 1. The Balaban J connectivity index is 1.67. The molecule has 2 aromatic heterocycles. The van der Waals surface area contributed by atoms with E-state index in [0.717, 1.165) is 24.2 Å². The SMILES string of the molecule is COCC(=O)N1CC[C@H](c2ccnc(Nc3ccc(C)cn3)n2)C1. The van der Waals surface area contributed by atoms with Gasteiger partial charge in [-0.15, -0.1) is 0 Å². The minimum Gasteiger partial charge on any atom is -0.375 e. The van der Waals surface area contributed by atoms with E-state index in [1.165, 1.54) is 7.11 Å². The maximum absolute atomic E-state index is 11.9. The number of anilines is 2. The predicted octanol–water partition coefficient (Wildman–Crippen LogP) is 1.89. The molecule has 0 aromatic carbocycles. The molecule has 7 nitrogen and oxygen atoms in total. The average molecular weight is 327 g/mol. The molecule has 2 aromatic rings. The van der Waals surface area contributed by atoms with Crippen LogP contribution in [0.15, 0.2) is 30.6 Å². The van der Waals surface area contributed by atoms with E-state index in [-0.39, 0.29) is 18.4 Å². The molecule has 1 amide bonds. The Morgan fingerprint density at radius 2 is 2.25 bits per heavy atom. The van der Waals surface area contributed by atoms with Crippen LogP contribution in [-0.2, 0) is 9.53 Å². The molecule has 1 saturated heterocycles. The topological polar surface area (TPSA) is 80.2 Å². The van der Waals surface area contributed by atoms with Gasteiger partial charge in [-0.05, 0) is 31.0 Å². The van der Waals surface area contributed by atoms with Crippen LogP contribution in [0.3, 0.4) is 0 Å². The fourth-order valence-corrected chi connectivity index (χ4v) is 2.76. The van der Waals surface area contributed by atoms with Gasteiger partial charge < -0.3 is 15.0 Å². The van der Waals surface area contributed by atoms with Gasteiger partial charge in [-0.2, -0.15) is 0 Å². The standard InChI is InChI=1S/C17H21N5O2/c1-12-3-4-15(19-9-12)21-17-18-7-5-14(20-17)13-6-8-22(10-13)16(23)11-24-2/h3-5,7,9,13H,6,8,10-11H2,1-2H3,(H,18,19,20,21)/t13-/m0/s1. The number of nitrogens with zero attached hydrogens (tertiary/aromatic N) is 4. The Bertz CT molecular complexity index is 704. The molecule has 1 aliphatic heterocycles. The Morgan fingerprint density at radius 1 is 1.38 bits per heavy atom. The summed E-state index contributed by atoms with van der Waals surface area (Å²) in [6, 6.07) is 5.78. The summed E-state index contributed by atoms with van der Waals surface area (Å²) in [5.41, 5.74) is 2.04. The number of nitrogens with one attached hydrogen (secondary N) is 1. The van der Waals surface area contributed by atoms with E-state index in [4.69, 9.17) is 4.74 Å². The number of hydrogen-bond donors (Lipinski definition) is 1. The van der Waals surface area contributed by atoms with Crippen molar-refractivity contribution in [3.8, 4) is 0 Å². The summed E-state index contributed by atoms with van der Waals surface area (Å²) >= 11 is 0. The van der Waals surface area contributed by atoms with Crippen molar-refractivity contribution in [3.05, 3.63) is 41.9 Å². The van der Waals surface area contributed by atoms with E-state index in [2.05, 4.69) is 20.3 Å². The van der Waals surface area contributed by atoms with Crippen LogP contribution in [0, 0.1) is 6.92 Å². The molecule has 0 bridgehead atoms. The Kier molecular flexibility index (Phi) is 5.00. The average Bonchev–Trinajstić information content (AvgIpc) is 3.08. The molecule has 7 heteroatoms. The van der Waals surface area contributed by atoms with Gasteiger partial charge in [-0.1, -0.05) is 6.07 Å². The number of hydrogen-bond acceptors (Lipinski definition) is 6. The number of carbonyl (C=O) groups excluding carboxylic acids is 1. The van der Waals surface area contributed by atoms with E-state index >= 15 is 0 Å². The number of likely N-dealkylation sites (tertiary alicyclic amines) is 1. The number of rotatable bonds is 5. The first-order valence-corrected chi connectivity index (χ1v) is 7.95. The summed E-state index contributed by atoms with van der Waals surface area (Å²) in [4.78, 5) is 26.9. The van der Waals surface area contributed by atoms with Crippen molar-refractivity contribution in [2.75, 3.05) is 32.1 Å². The first-order valence-electron chi connectivity index (χ1n) is 7.95. The van der Waals surface area contributed by atoms with E-state index in [9.17, 15) is 4.79 Å². The van der Waals surface area contributed by atoms with Crippen LogP contribution >= 0.6 is 0 Å². The lowest BCUT2D eigenvalue weighted by Gasteiger charge is -2.16. The second kappa shape index (κ2) is 7.35. The molecule has 1 N–H and O–H groups in total. The quantitative estimate of drug-likeness (QED) is 0.903. The molecule has 126 valence electrons.